The maximum Gasteiger partial charge on any atom is 0.0587 e. The van der Waals surface area contributed by atoms with Gasteiger partial charge in [0, 0.05) is 11.4 Å². The Bertz CT molecular complexity index is 260. The zero-order valence-electron chi connectivity index (χ0n) is 7.77. The summed E-state index contributed by atoms with van der Waals surface area (Å²) < 4.78 is 0. The van der Waals surface area contributed by atoms with Crippen LogP contribution in [0.25, 0.3) is 0 Å². The molecule has 0 bridgehead atoms. The zero-order valence-corrected chi connectivity index (χ0v) is 9.34. The van der Waals surface area contributed by atoms with Gasteiger partial charge in [-0.1, -0.05) is 11.6 Å². The van der Waals surface area contributed by atoms with E-state index >= 15 is 0 Å². The van der Waals surface area contributed by atoms with Gasteiger partial charge in [0.1, 0.15) is 0 Å². The Hall–Kier alpha value is -0.0900. The molecule has 0 saturated carbocycles. The summed E-state index contributed by atoms with van der Waals surface area (Å²) in [7, 11) is 0. The smallest absolute Gasteiger partial charge is 0.0587 e. The van der Waals surface area contributed by atoms with Gasteiger partial charge in [0.25, 0.3) is 0 Å². The molecule has 0 radical (unpaired) electrons. The molecular formula is C9H15ClN2S. The monoisotopic (exact) mass is 218 g/mol. The number of halogens is 1. The predicted octanol–water partition coefficient (Wildman–Crippen LogP) is 2.15. The van der Waals surface area contributed by atoms with Crippen molar-refractivity contribution in [3.05, 3.63) is 20.8 Å². The standard InChI is InChI=1S/C9H15ClN2S/c1-7-6-13-8(9(7)10)5-12-4-2-3-11/h6,12H,2-5,11H2,1H3. The molecule has 0 atom stereocenters. The van der Waals surface area contributed by atoms with Gasteiger partial charge in [-0.2, -0.15) is 0 Å². The summed E-state index contributed by atoms with van der Waals surface area (Å²) in [6.07, 6.45) is 1.02. The lowest BCUT2D eigenvalue weighted by Gasteiger charge is -2.01. The van der Waals surface area contributed by atoms with Crippen molar-refractivity contribution in [3.63, 3.8) is 0 Å². The average molecular weight is 219 g/mol. The number of nitrogens with two attached hydrogens (primary N) is 1. The first kappa shape index (κ1) is 11.0. The highest BCUT2D eigenvalue weighted by Gasteiger charge is 2.04. The maximum absolute atomic E-state index is 6.07. The first-order valence-electron chi connectivity index (χ1n) is 4.39. The second-order valence-electron chi connectivity index (χ2n) is 2.97. The fraction of sp³-hybridized carbons (Fsp3) is 0.556. The molecule has 0 aromatic carbocycles. The van der Waals surface area contributed by atoms with Gasteiger partial charge < -0.3 is 11.1 Å². The van der Waals surface area contributed by atoms with Gasteiger partial charge in [0.2, 0.25) is 0 Å². The number of hydrogen-bond donors (Lipinski definition) is 2. The topological polar surface area (TPSA) is 38.0 Å². The third kappa shape index (κ3) is 3.27. The lowest BCUT2D eigenvalue weighted by Crippen LogP contribution is -2.17. The molecule has 2 nitrogen and oxygen atoms in total. The van der Waals surface area contributed by atoms with Crippen LogP contribution in [0.3, 0.4) is 0 Å². The molecule has 0 amide bonds. The maximum atomic E-state index is 6.07. The first-order chi connectivity index (χ1) is 6.25. The van der Waals surface area contributed by atoms with Gasteiger partial charge in [-0.25, -0.2) is 0 Å². The second-order valence-corrected chi connectivity index (χ2v) is 4.32. The molecule has 1 aromatic rings. The third-order valence-corrected chi connectivity index (χ3v) is 3.55. The summed E-state index contributed by atoms with van der Waals surface area (Å²) in [6, 6.07) is 0. The van der Waals surface area contributed by atoms with Crippen LogP contribution < -0.4 is 11.1 Å². The molecule has 3 N–H and O–H groups in total. The molecule has 1 rings (SSSR count). The van der Waals surface area contributed by atoms with Gasteiger partial charge >= 0.3 is 0 Å². The first-order valence-corrected chi connectivity index (χ1v) is 5.64. The summed E-state index contributed by atoms with van der Waals surface area (Å²) in [4.78, 5) is 1.22. The second kappa shape index (κ2) is 5.60. The van der Waals surface area contributed by atoms with E-state index in [1.807, 2.05) is 6.92 Å². The lowest BCUT2D eigenvalue weighted by molar-refractivity contribution is 0.660. The molecule has 0 unspecified atom stereocenters. The number of rotatable bonds is 5. The quantitative estimate of drug-likeness (QED) is 0.744. The third-order valence-electron chi connectivity index (χ3n) is 1.81. The molecule has 0 aliphatic rings. The SMILES string of the molecule is Cc1csc(CNCCCN)c1Cl. The Labute approximate surface area is 88.1 Å². The zero-order chi connectivity index (χ0) is 9.68. The van der Waals surface area contributed by atoms with Crippen molar-refractivity contribution in [2.45, 2.75) is 19.9 Å². The fourth-order valence-electron chi connectivity index (χ4n) is 1.03. The van der Waals surface area contributed by atoms with Gasteiger partial charge in [-0.15, -0.1) is 11.3 Å². The highest BCUT2D eigenvalue weighted by Crippen LogP contribution is 2.26. The average Bonchev–Trinajstić information content (AvgIpc) is 2.43. The summed E-state index contributed by atoms with van der Waals surface area (Å²) in [5, 5.41) is 6.30. The van der Waals surface area contributed by atoms with Crippen molar-refractivity contribution in [2.24, 2.45) is 5.73 Å². The molecule has 0 fully saturated rings. The molecule has 74 valence electrons. The van der Waals surface area contributed by atoms with Crippen LogP contribution >= 0.6 is 22.9 Å². The molecule has 0 aliphatic heterocycles. The number of aryl methyl sites for hydroxylation is 1. The Kier molecular flexibility index (Phi) is 4.73. The Morgan fingerprint density at radius 3 is 2.92 bits per heavy atom. The van der Waals surface area contributed by atoms with Crippen molar-refractivity contribution in [1.82, 2.24) is 5.32 Å². The highest BCUT2D eigenvalue weighted by atomic mass is 35.5. The van der Waals surface area contributed by atoms with E-state index in [0.29, 0.717) is 0 Å². The molecule has 13 heavy (non-hydrogen) atoms. The van der Waals surface area contributed by atoms with Crippen molar-refractivity contribution >= 4 is 22.9 Å². The van der Waals surface area contributed by atoms with Crippen LogP contribution in [0.2, 0.25) is 5.02 Å². The molecule has 1 aromatic heterocycles. The van der Waals surface area contributed by atoms with Crippen LogP contribution in [-0.2, 0) is 6.54 Å². The van der Waals surface area contributed by atoms with E-state index in [4.69, 9.17) is 17.3 Å². The van der Waals surface area contributed by atoms with Gasteiger partial charge in [-0.05, 0) is 37.4 Å². The minimum absolute atomic E-state index is 0.740. The highest BCUT2D eigenvalue weighted by molar-refractivity contribution is 7.10. The number of nitrogens with one attached hydrogen (secondary N) is 1. The Morgan fingerprint density at radius 1 is 1.62 bits per heavy atom. The van der Waals surface area contributed by atoms with Gasteiger partial charge in [0.15, 0.2) is 0 Å². The molecular weight excluding hydrogens is 204 g/mol. The Morgan fingerprint density at radius 2 is 2.38 bits per heavy atom. The van der Waals surface area contributed by atoms with Crippen LogP contribution in [0.5, 0.6) is 0 Å². The summed E-state index contributed by atoms with van der Waals surface area (Å²) in [5.41, 5.74) is 6.55. The number of hydrogen-bond acceptors (Lipinski definition) is 3. The largest absolute Gasteiger partial charge is 0.330 e. The van der Waals surface area contributed by atoms with E-state index in [0.717, 1.165) is 31.1 Å². The van der Waals surface area contributed by atoms with Crippen molar-refractivity contribution in [2.75, 3.05) is 13.1 Å². The minimum Gasteiger partial charge on any atom is -0.330 e. The minimum atomic E-state index is 0.740. The molecule has 4 heteroatoms. The predicted molar refractivity (Wildman–Crippen MR) is 59.4 cm³/mol. The summed E-state index contributed by atoms with van der Waals surface area (Å²) in [5.74, 6) is 0. The van der Waals surface area contributed by atoms with E-state index in [9.17, 15) is 0 Å². The summed E-state index contributed by atoms with van der Waals surface area (Å²) in [6.45, 7) is 4.59. The van der Waals surface area contributed by atoms with Crippen LogP contribution in [-0.4, -0.2) is 13.1 Å². The van der Waals surface area contributed by atoms with E-state index in [1.165, 1.54) is 10.4 Å². The van der Waals surface area contributed by atoms with Gasteiger partial charge in [0.05, 0.1) is 5.02 Å². The molecule has 0 aliphatic carbocycles. The van der Waals surface area contributed by atoms with Crippen LogP contribution in [0, 0.1) is 6.92 Å². The van der Waals surface area contributed by atoms with E-state index in [1.54, 1.807) is 11.3 Å². The van der Waals surface area contributed by atoms with E-state index < -0.39 is 0 Å². The molecule has 0 spiro atoms. The van der Waals surface area contributed by atoms with E-state index in [-0.39, 0.29) is 0 Å². The number of thiophene rings is 1. The van der Waals surface area contributed by atoms with Crippen molar-refractivity contribution < 1.29 is 0 Å². The van der Waals surface area contributed by atoms with Gasteiger partial charge in [-0.3, -0.25) is 0 Å². The van der Waals surface area contributed by atoms with E-state index in [2.05, 4.69) is 10.7 Å². The lowest BCUT2D eigenvalue weighted by atomic mass is 10.3. The van der Waals surface area contributed by atoms with Crippen LogP contribution in [0.15, 0.2) is 5.38 Å². The normalized spacial score (nSPS) is 10.7. The summed E-state index contributed by atoms with van der Waals surface area (Å²) >= 11 is 7.78. The fourth-order valence-corrected chi connectivity index (χ4v) is 2.24. The molecule has 1 heterocycles. The van der Waals surface area contributed by atoms with Crippen molar-refractivity contribution in [1.29, 1.82) is 0 Å². The Balaban J connectivity index is 2.32. The van der Waals surface area contributed by atoms with Crippen molar-refractivity contribution in [3.8, 4) is 0 Å². The van der Waals surface area contributed by atoms with Crippen LogP contribution in [0.1, 0.15) is 16.9 Å². The molecule has 0 saturated heterocycles. The van der Waals surface area contributed by atoms with Crippen LogP contribution in [0.4, 0.5) is 0 Å².